The predicted molar refractivity (Wildman–Crippen MR) is 116 cm³/mol. The summed E-state index contributed by atoms with van der Waals surface area (Å²) in [4.78, 5) is 11.3. The van der Waals surface area contributed by atoms with Crippen LogP contribution in [0.1, 0.15) is 28.1 Å². The molecule has 1 N–H and O–H groups in total. The maximum absolute atomic E-state index is 4.41. The summed E-state index contributed by atoms with van der Waals surface area (Å²) in [7, 11) is 0. The van der Waals surface area contributed by atoms with Gasteiger partial charge in [0, 0.05) is 11.1 Å². The van der Waals surface area contributed by atoms with E-state index in [2.05, 4.69) is 42.9 Å². The van der Waals surface area contributed by atoms with Crippen molar-refractivity contribution in [3.63, 3.8) is 0 Å². The Labute approximate surface area is 171 Å². The Hall–Kier alpha value is -3.39. The molecule has 0 radical (unpaired) electrons. The maximum Gasteiger partial charge on any atom is 0.158 e. The minimum Gasteiger partial charge on any atom is -0.261 e. The molecule has 5 rings (SSSR count). The van der Waals surface area contributed by atoms with Gasteiger partial charge in [-0.05, 0) is 42.5 Å². The summed E-state index contributed by atoms with van der Waals surface area (Å²) in [5, 5.41) is 13.7. The van der Waals surface area contributed by atoms with E-state index < -0.39 is 0 Å². The van der Waals surface area contributed by atoms with Crippen LogP contribution >= 0.6 is 11.3 Å². The molecule has 0 atom stereocenters. The normalized spacial score (nSPS) is 13.7. The number of nitrogens with zero attached hydrogens (tertiary/aromatic N) is 6. The summed E-state index contributed by atoms with van der Waals surface area (Å²) in [6.07, 6.45) is 12.4. The minimum absolute atomic E-state index is 0.700. The van der Waals surface area contributed by atoms with Gasteiger partial charge in [-0.1, -0.05) is 35.5 Å². The van der Waals surface area contributed by atoms with Crippen molar-refractivity contribution >= 4 is 39.7 Å². The molecule has 1 aliphatic carbocycles. The second kappa shape index (κ2) is 7.92. The van der Waals surface area contributed by atoms with E-state index in [0.717, 1.165) is 34.6 Å². The van der Waals surface area contributed by atoms with E-state index in [1.807, 2.05) is 41.2 Å². The molecule has 0 saturated heterocycles. The van der Waals surface area contributed by atoms with Crippen LogP contribution in [-0.4, -0.2) is 31.2 Å². The lowest BCUT2D eigenvalue weighted by atomic mass is 10.2. The molecule has 0 spiro atoms. The van der Waals surface area contributed by atoms with Crippen LogP contribution in [0.15, 0.2) is 54.0 Å². The number of anilines is 1. The minimum atomic E-state index is 0.700. The average Bonchev–Trinajstić information content (AvgIpc) is 3.45. The number of hydrogen-bond donors (Lipinski definition) is 1. The standard InChI is InChI=1S/C21H19N7S/c1-2-6-15(7-3-1)12-28-13-16(25-27-28)8-5-11-24-26-20-19-17-9-4-10-18(17)29-21(19)23-14-22-20/h1-3,5-8,11,13-14H,4,9-10,12H2,(H,22,23,26)/b8-5+,24-11-. The second-order valence-corrected chi connectivity index (χ2v) is 7.92. The largest absolute Gasteiger partial charge is 0.261 e. The first-order chi connectivity index (χ1) is 14.4. The Morgan fingerprint density at radius 2 is 2.10 bits per heavy atom. The lowest BCUT2D eigenvalue weighted by Gasteiger charge is -2.01. The van der Waals surface area contributed by atoms with Crippen LogP contribution in [0.4, 0.5) is 5.82 Å². The highest BCUT2D eigenvalue weighted by Crippen LogP contribution is 2.38. The zero-order valence-electron chi connectivity index (χ0n) is 15.7. The fourth-order valence-electron chi connectivity index (χ4n) is 3.53. The molecule has 4 aromatic rings. The van der Waals surface area contributed by atoms with Crippen molar-refractivity contribution in [1.82, 2.24) is 25.0 Å². The lowest BCUT2D eigenvalue weighted by molar-refractivity contribution is 0.649. The number of fused-ring (bicyclic) bond motifs is 3. The molecule has 1 aromatic carbocycles. The molecule has 8 heteroatoms. The number of benzene rings is 1. The SMILES string of the molecule is C(/C=C/c1cn(Cc2ccccc2)nn1)=N/Nc1ncnc2sc3c(c12)CCC3. The highest BCUT2D eigenvalue weighted by atomic mass is 32.1. The molecule has 0 unspecified atom stereocenters. The Morgan fingerprint density at radius 1 is 1.17 bits per heavy atom. The van der Waals surface area contributed by atoms with E-state index in [1.54, 1.807) is 23.9 Å². The molecule has 3 heterocycles. The Morgan fingerprint density at radius 3 is 3.03 bits per heavy atom. The summed E-state index contributed by atoms with van der Waals surface area (Å²) < 4.78 is 1.82. The van der Waals surface area contributed by atoms with Crippen LogP contribution in [0.2, 0.25) is 0 Å². The molecular weight excluding hydrogens is 382 g/mol. The van der Waals surface area contributed by atoms with Crippen LogP contribution in [0.5, 0.6) is 0 Å². The van der Waals surface area contributed by atoms with Crippen LogP contribution in [0.25, 0.3) is 16.3 Å². The quantitative estimate of drug-likeness (QED) is 0.391. The van der Waals surface area contributed by atoms with E-state index in [-0.39, 0.29) is 0 Å². The number of aryl methyl sites for hydroxylation is 2. The van der Waals surface area contributed by atoms with Crippen LogP contribution in [0.3, 0.4) is 0 Å². The first-order valence-corrected chi connectivity index (χ1v) is 10.3. The van der Waals surface area contributed by atoms with Gasteiger partial charge < -0.3 is 0 Å². The predicted octanol–water partition coefficient (Wildman–Crippen LogP) is 3.93. The van der Waals surface area contributed by atoms with Gasteiger partial charge in [0.05, 0.1) is 18.1 Å². The molecule has 7 nitrogen and oxygen atoms in total. The third-order valence-corrected chi connectivity index (χ3v) is 6.04. The second-order valence-electron chi connectivity index (χ2n) is 6.84. The zero-order chi connectivity index (χ0) is 19.5. The monoisotopic (exact) mass is 401 g/mol. The van der Waals surface area contributed by atoms with Crippen LogP contribution in [0, 0.1) is 0 Å². The summed E-state index contributed by atoms with van der Waals surface area (Å²) in [6.45, 7) is 0.700. The first kappa shape index (κ1) is 17.7. The Balaban J connectivity index is 1.23. The van der Waals surface area contributed by atoms with Crippen molar-refractivity contribution in [3.05, 3.63) is 70.6 Å². The van der Waals surface area contributed by atoms with Gasteiger partial charge in [-0.25, -0.2) is 14.6 Å². The topological polar surface area (TPSA) is 80.9 Å². The number of hydrogen-bond acceptors (Lipinski definition) is 7. The van der Waals surface area contributed by atoms with E-state index in [4.69, 9.17) is 0 Å². The lowest BCUT2D eigenvalue weighted by Crippen LogP contribution is -1.99. The number of rotatable bonds is 6. The molecule has 144 valence electrons. The van der Waals surface area contributed by atoms with Gasteiger partial charge in [-0.3, -0.25) is 5.43 Å². The molecule has 0 aliphatic heterocycles. The summed E-state index contributed by atoms with van der Waals surface area (Å²) in [5.74, 6) is 0.771. The Kier molecular flexibility index (Phi) is 4.83. The van der Waals surface area contributed by atoms with Crippen molar-refractivity contribution in [1.29, 1.82) is 0 Å². The highest BCUT2D eigenvalue weighted by molar-refractivity contribution is 7.19. The molecule has 0 bridgehead atoms. The molecule has 1 aliphatic rings. The number of hydrazone groups is 1. The van der Waals surface area contributed by atoms with Crippen molar-refractivity contribution < 1.29 is 0 Å². The van der Waals surface area contributed by atoms with Crippen LogP contribution in [-0.2, 0) is 19.4 Å². The smallest absolute Gasteiger partial charge is 0.158 e. The molecule has 0 amide bonds. The number of aromatic nitrogens is 5. The molecule has 29 heavy (non-hydrogen) atoms. The van der Waals surface area contributed by atoms with E-state index >= 15 is 0 Å². The molecule has 0 fully saturated rings. The van der Waals surface area contributed by atoms with E-state index in [0.29, 0.717) is 6.54 Å². The number of allylic oxidation sites excluding steroid dienone is 1. The average molecular weight is 401 g/mol. The van der Waals surface area contributed by atoms with Crippen molar-refractivity contribution in [3.8, 4) is 0 Å². The van der Waals surface area contributed by atoms with E-state index in [1.165, 1.54) is 22.4 Å². The summed E-state index contributed by atoms with van der Waals surface area (Å²) in [6, 6.07) is 10.2. The first-order valence-electron chi connectivity index (χ1n) is 9.52. The number of thiophene rings is 1. The maximum atomic E-state index is 4.41. The van der Waals surface area contributed by atoms with Crippen molar-refractivity contribution in [2.45, 2.75) is 25.8 Å². The van der Waals surface area contributed by atoms with Gasteiger partial charge in [0.15, 0.2) is 5.82 Å². The fourth-order valence-corrected chi connectivity index (χ4v) is 4.76. The van der Waals surface area contributed by atoms with Gasteiger partial charge in [0.25, 0.3) is 0 Å². The Bertz CT molecular complexity index is 1190. The summed E-state index contributed by atoms with van der Waals surface area (Å²) >= 11 is 1.77. The van der Waals surface area contributed by atoms with Gasteiger partial charge >= 0.3 is 0 Å². The highest BCUT2D eigenvalue weighted by Gasteiger charge is 2.20. The fraction of sp³-hybridized carbons (Fsp3) is 0.190. The molecular formula is C21H19N7S. The third kappa shape index (κ3) is 3.79. The van der Waals surface area contributed by atoms with Crippen molar-refractivity contribution in [2.75, 3.05) is 5.43 Å². The molecule has 0 saturated carbocycles. The van der Waals surface area contributed by atoms with E-state index in [9.17, 15) is 0 Å². The van der Waals surface area contributed by atoms with Gasteiger partial charge in [0.2, 0.25) is 0 Å². The zero-order valence-corrected chi connectivity index (χ0v) is 16.5. The van der Waals surface area contributed by atoms with Crippen molar-refractivity contribution in [2.24, 2.45) is 5.10 Å². The van der Waals surface area contributed by atoms with Crippen LogP contribution < -0.4 is 5.43 Å². The van der Waals surface area contributed by atoms with Gasteiger partial charge in [-0.2, -0.15) is 5.10 Å². The van der Waals surface area contributed by atoms with Gasteiger partial charge in [-0.15, -0.1) is 16.4 Å². The summed E-state index contributed by atoms with van der Waals surface area (Å²) in [5.41, 5.74) is 6.42. The van der Waals surface area contributed by atoms with Gasteiger partial charge in [0.1, 0.15) is 16.9 Å². The molecule has 3 aromatic heterocycles. The number of nitrogens with one attached hydrogen (secondary N) is 1. The third-order valence-electron chi connectivity index (χ3n) is 4.84.